The summed E-state index contributed by atoms with van der Waals surface area (Å²) >= 11 is 0. The molecule has 4 atom stereocenters. The minimum Gasteiger partial charge on any atom is -0.495 e. The maximum Gasteiger partial charge on any atom is 0.271 e. The van der Waals surface area contributed by atoms with Gasteiger partial charge in [-0.2, -0.15) is 0 Å². The Morgan fingerprint density at radius 1 is 1.00 bits per heavy atom. The molecule has 206 valence electrons. The second kappa shape index (κ2) is 8.55. The Balaban J connectivity index is 1.52. The van der Waals surface area contributed by atoms with E-state index >= 15 is 0 Å². The molecule has 1 aromatic heterocycles. The molecule has 3 aliphatic heterocycles. The summed E-state index contributed by atoms with van der Waals surface area (Å²) in [6.45, 7) is 3.92. The maximum atomic E-state index is 14.6. The quantitative estimate of drug-likeness (QED) is 0.232. The number of imide groups is 1. The van der Waals surface area contributed by atoms with Gasteiger partial charge in [0.2, 0.25) is 11.8 Å². The number of fused-ring (bicyclic) bond motifs is 8. The van der Waals surface area contributed by atoms with Gasteiger partial charge in [0, 0.05) is 23.7 Å². The van der Waals surface area contributed by atoms with E-state index in [1.807, 2.05) is 38.1 Å². The van der Waals surface area contributed by atoms with E-state index in [-0.39, 0.29) is 28.6 Å². The fourth-order valence-corrected chi connectivity index (χ4v) is 6.93. The summed E-state index contributed by atoms with van der Waals surface area (Å²) in [6, 6.07) is 17.7. The van der Waals surface area contributed by atoms with E-state index in [0.717, 1.165) is 4.90 Å². The number of hydrogen-bond donors (Lipinski definition) is 1. The van der Waals surface area contributed by atoms with Crippen LogP contribution in [0.25, 0.3) is 16.6 Å². The Hall–Kier alpha value is -4.90. The van der Waals surface area contributed by atoms with E-state index in [0.29, 0.717) is 28.0 Å². The first-order chi connectivity index (χ1) is 19.7. The molecule has 3 aliphatic rings. The van der Waals surface area contributed by atoms with Crippen LogP contribution in [0.1, 0.15) is 25.2 Å². The highest BCUT2D eigenvalue weighted by Gasteiger charge is 2.70. The third kappa shape index (κ3) is 3.12. The molecule has 11 nitrogen and oxygen atoms in total. The van der Waals surface area contributed by atoms with Crippen molar-refractivity contribution in [3.05, 3.63) is 98.6 Å². The van der Waals surface area contributed by atoms with Crippen LogP contribution in [0, 0.1) is 27.9 Å². The zero-order valence-corrected chi connectivity index (χ0v) is 22.4. The number of nitro groups is 1. The van der Waals surface area contributed by atoms with Crippen LogP contribution in [0.15, 0.2) is 71.5 Å². The SMILES string of the molecule is COc1ccc([N+](=O)[O-])cc1N1C(=O)[C@H]2[C@H](C(C)C)N[C@@]3(c4ccccc4-n4c3nc3ccccc3c4=O)[C@H]2C1=O. The number of ether oxygens (including phenoxy) is 1. The van der Waals surface area contributed by atoms with Crippen molar-refractivity contribution in [2.75, 3.05) is 12.0 Å². The molecule has 4 heterocycles. The summed E-state index contributed by atoms with van der Waals surface area (Å²) < 4.78 is 6.98. The molecule has 11 heteroatoms. The molecule has 4 aromatic rings. The second-order valence-corrected chi connectivity index (χ2v) is 11.0. The van der Waals surface area contributed by atoms with Gasteiger partial charge in [-0.3, -0.25) is 34.4 Å². The Morgan fingerprint density at radius 2 is 1.73 bits per heavy atom. The number of amides is 2. The van der Waals surface area contributed by atoms with Crippen LogP contribution in [0.4, 0.5) is 11.4 Å². The van der Waals surface area contributed by atoms with Crippen molar-refractivity contribution < 1.29 is 19.2 Å². The first kappa shape index (κ1) is 25.1. The number of aromatic nitrogens is 2. The maximum absolute atomic E-state index is 14.6. The van der Waals surface area contributed by atoms with Crippen LogP contribution in [0.2, 0.25) is 0 Å². The summed E-state index contributed by atoms with van der Waals surface area (Å²) in [5.74, 6) is -2.41. The van der Waals surface area contributed by atoms with Crippen LogP contribution < -0.4 is 20.5 Å². The van der Waals surface area contributed by atoms with E-state index in [4.69, 9.17) is 9.72 Å². The van der Waals surface area contributed by atoms with Gasteiger partial charge < -0.3 is 4.74 Å². The van der Waals surface area contributed by atoms with Crippen molar-refractivity contribution in [3.63, 3.8) is 0 Å². The minimum atomic E-state index is -1.30. The van der Waals surface area contributed by atoms with Crippen LogP contribution in [0.5, 0.6) is 5.75 Å². The van der Waals surface area contributed by atoms with Crippen molar-refractivity contribution in [2.45, 2.75) is 25.4 Å². The normalized spacial score (nSPS) is 24.3. The molecule has 0 saturated carbocycles. The van der Waals surface area contributed by atoms with E-state index in [1.54, 1.807) is 28.8 Å². The van der Waals surface area contributed by atoms with Gasteiger partial charge in [-0.1, -0.05) is 44.2 Å². The number of hydrogen-bond acceptors (Lipinski definition) is 8. The van der Waals surface area contributed by atoms with Crippen molar-refractivity contribution >= 4 is 34.1 Å². The molecule has 2 fully saturated rings. The average molecular weight is 552 g/mol. The molecule has 41 heavy (non-hydrogen) atoms. The first-order valence-electron chi connectivity index (χ1n) is 13.3. The standard InChI is InChI=1S/C30H25N5O6/c1-15(2)25-23-24(28(38)33(27(23)37)21-14-16(35(39)40)12-13-22(21)41-3)30(32-25)18-9-5-7-11-20(18)34-26(36)17-8-4-6-10-19(17)31-29(30)34/h4-15,23-25,32H,1-3H3/t23-,24-,25+,30+/m1/s1. The van der Waals surface area contributed by atoms with E-state index < -0.39 is 40.2 Å². The highest BCUT2D eigenvalue weighted by Crippen LogP contribution is 2.57. The van der Waals surface area contributed by atoms with Crippen LogP contribution in [-0.2, 0) is 15.1 Å². The molecule has 0 unspecified atom stereocenters. The summed E-state index contributed by atoms with van der Waals surface area (Å²) in [5, 5.41) is 15.7. The van der Waals surface area contributed by atoms with Gasteiger partial charge in [-0.05, 0) is 30.2 Å². The average Bonchev–Trinajstić information content (AvgIpc) is 3.56. The van der Waals surface area contributed by atoms with Gasteiger partial charge >= 0.3 is 0 Å². The third-order valence-corrected chi connectivity index (χ3v) is 8.63. The lowest BCUT2D eigenvalue weighted by atomic mass is 9.75. The van der Waals surface area contributed by atoms with Crippen LogP contribution >= 0.6 is 0 Å². The number of benzene rings is 3. The Kier molecular flexibility index (Phi) is 5.23. The van der Waals surface area contributed by atoms with Crippen LogP contribution in [0.3, 0.4) is 0 Å². The molecule has 2 saturated heterocycles. The number of para-hydroxylation sites is 2. The lowest BCUT2D eigenvalue weighted by molar-refractivity contribution is -0.384. The predicted octanol–water partition coefficient (Wildman–Crippen LogP) is 3.29. The van der Waals surface area contributed by atoms with E-state index in [2.05, 4.69) is 5.32 Å². The topological polar surface area (TPSA) is 137 Å². The third-order valence-electron chi connectivity index (χ3n) is 8.63. The first-order valence-corrected chi connectivity index (χ1v) is 13.3. The second-order valence-electron chi connectivity index (χ2n) is 11.0. The largest absolute Gasteiger partial charge is 0.495 e. The van der Waals surface area contributed by atoms with Gasteiger partial charge in [0.05, 0.1) is 40.5 Å². The monoisotopic (exact) mass is 551 g/mol. The summed E-state index contributed by atoms with van der Waals surface area (Å²) in [7, 11) is 1.38. The molecule has 2 amide bonds. The molecule has 7 rings (SSSR count). The number of nitro benzene ring substituents is 1. The van der Waals surface area contributed by atoms with Gasteiger partial charge in [0.25, 0.3) is 11.2 Å². The van der Waals surface area contributed by atoms with Gasteiger partial charge in [-0.25, -0.2) is 9.88 Å². The number of anilines is 1. The molecule has 1 N–H and O–H groups in total. The number of nitrogens with zero attached hydrogens (tertiary/aromatic N) is 4. The predicted molar refractivity (Wildman–Crippen MR) is 149 cm³/mol. The highest BCUT2D eigenvalue weighted by atomic mass is 16.6. The summed E-state index contributed by atoms with van der Waals surface area (Å²) in [4.78, 5) is 59.7. The fourth-order valence-electron chi connectivity index (χ4n) is 6.93. The van der Waals surface area contributed by atoms with Crippen molar-refractivity contribution in [1.29, 1.82) is 0 Å². The van der Waals surface area contributed by atoms with Crippen molar-refractivity contribution in [1.82, 2.24) is 14.9 Å². The number of carbonyl (C=O) groups excluding carboxylic acids is 2. The lowest BCUT2D eigenvalue weighted by Crippen LogP contribution is -2.51. The van der Waals surface area contributed by atoms with Gasteiger partial charge in [-0.15, -0.1) is 0 Å². The summed E-state index contributed by atoms with van der Waals surface area (Å²) in [5.41, 5.74) is -0.0806. The molecule has 0 bridgehead atoms. The smallest absolute Gasteiger partial charge is 0.271 e. The zero-order valence-electron chi connectivity index (χ0n) is 22.4. The zero-order chi connectivity index (χ0) is 28.8. The van der Waals surface area contributed by atoms with E-state index in [9.17, 15) is 24.5 Å². The Morgan fingerprint density at radius 3 is 2.46 bits per heavy atom. The van der Waals surface area contributed by atoms with Gasteiger partial charge in [0.15, 0.2) is 0 Å². The minimum absolute atomic E-state index is 0.0129. The number of nitrogens with one attached hydrogen (secondary N) is 1. The fraction of sp³-hybridized carbons (Fsp3) is 0.267. The molecule has 3 aromatic carbocycles. The number of methoxy groups -OCH3 is 1. The molecular weight excluding hydrogens is 526 g/mol. The summed E-state index contributed by atoms with van der Waals surface area (Å²) in [6.07, 6.45) is 0. The Bertz CT molecular complexity index is 1880. The van der Waals surface area contributed by atoms with Gasteiger partial charge in [0.1, 0.15) is 22.8 Å². The molecule has 1 spiro atoms. The number of carbonyl (C=O) groups is 2. The molecule has 0 aliphatic carbocycles. The number of rotatable bonds is 4. The Labute approximate surface area is 233 Å². The van der Waals surface area contributed by atoms with Crippen LogP contribution in [-0.4, -0.2) is 39.4 Å². The highest BCUT2D eigenvalue weighted by molar-refractivity contribution is 6.24. The molecular formula is C30H25N5O6. The number of non-ortho nitro benzene ring substituents is 1. The molecule has 0 radical (unpaired) electrons. The van der Waals surface area contributed by atoms with Crippen molar-refractivity contribution in [2.24, 2.45) is 17.8 Å². The van der Waals surface area contributed by atoms with E-state index in [1.165, 1.54) is 25.3 Å². The van der Waals surface area contributed by atoms with Crippen molar-refractivity contribution in [3.8, 4) is 11.4 Å². The lowest BCUT2D eigenvalue weighted by Gasteiger charge is -2.32.